The molecular weight excluding hydrogens is 348 g/mol. The summed E-state index contributed by atoms with van der Waals surface area (Å²) in [6.07, 6.45) is 1.79. The first kappa shape index (κ1) is 18.1. The number of Topliss-reactive ketones (excluding diaryl/α,β-unsaturated/α-hetero) is 1. The highest BCUT2D eigenvalue weighted by molar-refractivity contribution is 6.14. The minimum absolute atomic E-state index is 0.0995. The van der Waals surface area contributed by atoms with Crippen molar-refractivity contribution < 1.29 is 14.3 Å². The second-order valence-electron chi connectivity index (χ2n) is 7.19. The lowest BCUT2D eigenvalue weighted by Crippen LogP contribution is -1.98. The Morgan fingerprint density at radius 2 is 1.71 bits per heavy atom. The lowest BCUT2D eigenvalue weighted by Gasteiger charge is -2.07. The van der Waals surface area contributed by atoms with E-state index < -0.39 is 0 Å². The minimum atomic E-state index is -0.0995. The molecule has 3 nitrogen and oxygen atoms in total. The molecule has 0 aromatic heterocycles. The van der Waals surface area contributed by atoms with Gasteiger partial charge < -0.3 is 9.47 Å². The predicted molar refractivity (Wildman–Crippen MR) is 111 cm³/mol. The van der Waals surface area contributed by atoms with E-state index in [0.29, 0.717) is 35.3 Å². The number of hydrogen-bond acceptors (Lipinski definition) is 3. The third-order valence-electron chi connectivity index (χ3n) is 4.79. The van der Waals surface area contributed by atoms with E-state index in [0.717, 1.165) is 11.1 Å². The second-order valence-corrected chi connectivity index (χ2v) is 7.19. The highest BCUT2D eigenvalue weighted by Gasteiger charge is 2.27. The van der Waals surface area contributed by atoms with E-state index in [-0.39, 0.29) is 5.78 Å². The molecule has 3 heteroatoms. The lowest BCUT2D eigenvalue weighted by molar-refractivity contribution is 0.101. The zero-order valence-corrected chi connectivity index (χ0v) is 16.0. The van der Waals surface area contributed by atoms with Gasteiger partial charge in [-0.1, -0.05) is 68.4 Å². The maximum Gasteiger partial charge on any atom is 0.231 e. The first-order valence-corrected chi connectivity index (χ1v) is 9.45. The van der Waals surface area contributed by atoms with E-state index in [1.807, 2.05) is 48.5 Å². The van der Waals surface area contributed by atoms with E-state index in [1.165, 1.54) is 5.56 Å². The number of rotatable bonds is 5. The molecule has 28 heavy (non-hydrogen) atoms. The molecule has 0 unspecified atom stereocenters. The first-order chi connectivity index (χ1) is 13.6. The molecule has 0 saturated heterocycles. The van der Waals surface area contributed by atoms with Gasteiger partial charge in [0.2, 0.25) is 5.78 Å². The molecule has 0 radical (unpaired) electrons. The van der Waals surface area contributed by atoms with Crippen molar-refractivity contribution in [2.24, 2.45) is 0 Å². The molecule has 140 valence electrons. The number of allylic oxidation sites excluding steroid dienone is 1. The average Bonchev–Trinajstić information content (AvgIpc) is 3.02. The van der Waals surface area contributed by atoms with E-state index >= 15 is 0 Å². The summed E-state index contributed by atoms with van der Waals surface area (Å²) in [5, 5.41) is 0. The fourth-order valence-corrected chi connectivity index (χ4v) is 3.13. The Hall–Kier alpha value is -3.33. The summed E-state index contributed by atoms with van der Waals surface area (Å²) in [4.78, 5) is 12.6. The van der Waals surface area contributed by atoms with Crippen LogP contribution in [0.4, 0.5) is 0 Å². The fourth-order valence-electron chi connectivity index (χ4n) is 3.13. The van der Waals surface area contributed by atoms with Gasteiger partial charge in [-0.25, -0.2) is 0 Å². The van der Waals surface area contributed by atoms with Gasteiger partial charge in [-0.3, -0.25) is 4.79 Å². The third kappa shape index (κ3) is 3.84. The van der Waals surface area contributed by atoms with E-state index in [9.17, 15) is 4.79 Å². The normalized spacial score (nSPS) is 14.2. The van der Waals surface area contributed by atoms with Crippen molar-refractivity contribution in [2.75, 3.05) is 0 Å². The SMILES string of the molecule is CC(C)c1ccc(C=C2Oc3cc(OCc4ccccc4)ccc3C2=O)cc1. The Morgan fingerprint density at radius 1 is 0.964 bits per heavy atom. The maximum atomic E-state index is 12.6. The van der Waals surface area contributed by atoms with Gasteiger partial charge in [0.1, 0.15) is 18.1 Å². The Bertz CT molecular complexity index is 1020. The molecule has 0 spiro atoms. The molecule has 3 aromatic rings. The molecule has 0 atom stereocenters. The maximum absolute atomic E-state index is 12.6. The lowest BCUT2D eigenvalue weighted by atomic mass is 10.0. The summed E-state index contributed by atoms with van der Waals surface area (Å²) < 4.78 is 11.7. The summed E-state index contributed by atoms with van der Waals surface area (Å²) in [6.45, 7) is 4.79. The van der Waals surface area contributed by atoms with Crippen molar-refractivity contribution in [3.8, 4) is 11.5 Å². The molecule has 1 heterocycles. The standard InChI is InChI=1S/C25H22O3/c1-17(2)20-10-8-18(9-11-20)14-24-25(26)22-13-12-21(15-23(22)28-24)27-16-19-6-4-3-5-7-19/h3-15,17H,16H2,1-2H3. The molecule has 0 saturated carbocycles. The second kappa shape index (κ2) is 7.73. The number of carbonyl (C=O) groups is 1. The Labute approximate surface area is 165 Å². The number of benzene rings is 3. The Kier molecular flexibility index (Phi) is 4.98. The Morgan fingerprint density at radius 3 is 2.43 bits per heavy atom. The van der Waals surface area contributed by atoms with Gasteiger partial charge in [-0.05, 0) is 40.8 Å². The molecule has 0 bridgehead atoms. The van der Waals surface area contributed by atoms with Crippen LogP contribution in [0.1, 0.15) is 46.8 Å². The van der Waals surface area contributed by atoms with Gasteiger partial charge in [-0.2, -0.15) is 0 Å². The van der Waals surface area contributed by atoms with E-state index in [1.54, 1.807) is 18.2 Å². The summed E-state index contributed by atoms with van der Waals surface area (Å²) in [5.41, 5.74) is 3.87. The van der Waals surface area contributed by atoms with Crippen LogP contribution >= 0.6 is 0 Å². The van der Waals surface area contributed by atoms with Gasteiger partial charge in [0.15, 0.2) is 5.76 Å². The van der Waals surface area contributed by atoms with Gasteiger partial charge >= 0.3 is 0 Å². The minimum Gasteiger partial charge on any atom is -0.489 e. The molecule has 0 N–H and O–H groups in total. The summed E-state index contributed by atoms with van der Waals surface area (Å²) in [5.74, 6) is 1.94. The Balaban J connectivity index is 1.49. The molecule has 0 aliphatic carbocycles. The average molecular weight is 370 g/mol. The van der Waals surface area contributed by atoms with Crippen molar-refractivity contribution in [3.05, 3.63) is 101 Å². The quantitative estimate of drug-likeness (QED) is 0.516. The smallest absolute Gasteiger partial charge is 0.231 e. The van der Waals surface area contributed by atoms with Crippen LogP contribution in [0, 0.1) is 0 Å². The first-order valence-electron chi connectivity index (χ1n) is 9.45. The van der Waals surface area contributed by atoms with E-state index in [4.69, 9.17) is 9.47 Å². The number of ketones is 1. The molecule has 1 aliphatic heterocycles. The summed E-state index contributed by atoms with van der Waals surface area (Å²) in [6, 6.07) is 23.5. The van der Waals surface area contributed by atoms with Gasteiger partial charge in [0.25, 0.3) is 0 Å². The number of fused-ring (bicyclic) bond motifs is 1. The molecular formula is C25H22O3. The van der Waals surface area contributed by atoms with Crippen molar-refractivity contribution in [1.29, 1.82) is 0 Å². The van der Waals surface area contributed by atoms with E-state index in [2.05, 4.69) is 26.0 Å². The number of hydrogen-bond donors (Lipinski definition) is 0. The molecule has 3 aromatic carbocycles. The third-order valence-corrected chi connectivity index (χ3v) is 4.79. The van der Waals surface area contributed by atoms with Crippen molar-refractivity contribution in [2.45, 2.75) is 26.4 Å². The largest absolute Gasteiger partial charge is 0.489 e. The van der Waals surface area contributed by atoms with Crippen molar-refractivity contribution in [3.63, 3.8) is 0 Å². The van der Waals surface area contributed by atoms with Gasteiger partial charge in [-0.15, -0.1) is 0 Å². The zero-order valence-electron chi connectivity index (χ0n) is 16.0. The molecule has 4 rings (SSSR count). The van der Waals surface area contributed by atoms with Gasteiger partial charge in [0, 0.05) is 6.07 Å². The topological polar surface area (TPSA) is 35.5 Å². The van der Waals surface area contributed by atoms with Crippen LogP contribution in [0.5, 0.6) is 11.5 Å². The van der Waals surface area contributed by atoms with Crippen LogP contribution in [0.2, 0.25) is 0 Å². The van der Waals surface area contributed by atoms with Crippen LogP contribution in [-0.4, -0.2) is 5.78 Å². The zero-order chi connectivity index (χ0) is 19.5. The van der Waals surface area contributed by atoms with Crippen LogP contribution < -0.4 is 9.47 Å². The highest BCUT2D eigenvalue weighted by Crippen LogP contribution is 2.35. The fraction of sp³-hybridized carbons (Fsp3) is 0.160. The van der Waals surface area contributed by atoms with Crippen molar-refractivity contribution in [1.82, 2.24) is 0 Å². The number of ether oxygens (including phenoxy) is 2. The van der Waals surface area contributed by atoms with Crippen molar-refractivity contribution >= 4 is 11.9 Å². The van der Waals surface area contributed by atoms with Crippen LogP contribution in [0.3, 0.4) is 0 Å². The highest BCUT2D eigenvalue weighted by atomic mass is 16.5. The monoisotopic (exact) mass is 370 g/mol. The van der Waals surface area contributed by atoms with Gasteiger partial charge in [0.05, 0.1) is 5.56 Å². The number of carbonyl (C=O) groups excluding carboxylic acids is 1. The summed E-state index contributed by atoms with van der Waals surface area (Å²) >= 11 is 0. The molecule has 0 amide bonds. The van der Waals surface area contributed by atoms with Crippen LogP contribution in [0.15, 0.2) is 78.6 Å². The van der Waals surface area contributed by atoms with Crippen LogP contribution in [-0.2, 0) is 6.61 Å². The molecule has 0 fully saturated rings. The van der Waals surface area contributed by atoms with Crippen LogP contribution in [0.25, 0.3) is 6.08 Å². The predicted octanol–water partition coefficient (Wildman–Crippen LogP) is 6.01. The molecule has 1 aliphatic rings. The summed E-state index contributed by atoms with van der Waals surface area (Å²) in [7, 11) is 0.